The average Bonchev–Trinajstić information content (AvgIpc) is 2.77. The lowest BCUT2D eigenvalue weighted by Crippen LogP contribution is -2.50. The molecule has 4 aliphatic rings. The summed E-state index contributed by atoms with van der Waals surface area (Å²) >= 11 is 0. The van der Waals surface area contributed by atoms with E-state index in [-0.39, 0.29) is 11.0 Å². The molecular weight excluding hydrogens is 298 g/mol. The third kappa shape index (κ3) is 1.86. The predicted molar refractivity (Wildman–Crippen MR) is 93.4 cm³/mol. The molecular formula is C20H25N3O. The third-order valence-corrected chi connectivity index (χ3v) is 6.92. The van der Waals surface area contributed by atoms with Gasteiger partial charge in [0, 0.05) is 29.9 Å². The minimum Gasteiger partial charge on any atom is -0.267 e. The minimum atomic E-state index is 0.133. The van der Waals surface area contributed by atoms with Crippen LogP contribution in [-0.2, 0) is 12.5 Å². The van der Waals surface area contributed by atoms with E-state index in [9.17, 15) is 4.79 Å². The van der Waals surface area contributed by atoms with Crippen LogP contribution in [0.25, 0.3) is 5.82 Å². The van der Waals surface area contributed by atoms with Crippen molar-refractivity contribution >= 4 is 0 Å². The van der Waals surface area contributed by atoms with Gasteiger partial charge in [0.25, 0.3) is 5.56 Å². The van der Waals surface area contributed by atoms with Crippen LogP contribution in [0, 0.1) is 24.7 Å². The van der Waals surface area contributed by atoms with Crippen LogP contribution in [0.5, 0.6) is 0 Å². The molecule has 2 aromatic rings. The Balaban J connectivity index is 1.69. The molecule has 0 aliphatic heterocycles. The molecule has 4 bridgehead atoms. The SMILES string of the molecule is Cc1c(C23CC4CC(CC(C4)C2)C3)c(=O)n(C)n1-c1ccccn1. The van der Waals surface area contributed by atoms with Crippen LogP contribution in [0.15, 0.2) is 29.2 Å². The van der Waals surface area contributed by atoms with E-state index in [2.05, 4.69) is 11.9 Å². The van der Waals surface area contributed by atoms with Crippen molar-refractivity contribution in [2.45, 2.75) is 50.9 Å². The zero-order valence-electron chi connectivity index (χ0n) is 14.5. The average molecular weight is 323 g/mol. The number of hydrogen-bond donors (Lipinski definition) is 0. The van der Waals surface area contributed by atoms with E-state index in [0.29, 0.717) is 0 Å². The zero-order chi connectivity index (χ0) is 16.5. The maximum absolute atomic E-state index is 13.2. The van der Waals surface area contributed by atoms with Crippen LogP contribution in [0.1, 0.15) is 49.8 Å². The van der Waals surface area contributed by atoms with Gasteiger partial charge < -0.3 is 0 Å². The van der Waals surface area contributed by atoms with E-state index in [1.54, 1.807) is 10.9 Å². The van der Waals surface area contributed by atoms with Crippen molar-refractivity contribution in [3.05, 3.63) is 46.0 Å². The summed E-state index contributed by atoms with van der Waals surface area (Å²) in [4.78, 5) is 17.7. The van der Waals surface area contributed by atoms with Gasteiger partial charge in [-0.2, -0.15) is 0 Å². The molecule has 24 heavy (non-hydrogen) atoms. The van der Waals surface area contributed by atoms with Crippen molar-refractivity contribution in [3.8, 4) is 5.82 Å². The molecule has 4 fully saturated rings. The summed E-state index contributed by atoms with van der Waals surface area (Å²) in [6, 6.07) is 5.88. The molecule has 126 valence electrons. The maximum atomic E-state index is 13.2. The van der Waals surface area contributed by atoms with Crippen LogP contribution in [0.4, 0.5) is 0 Å². The van der Waals surface area contributed by atoms with Crippen molar-refractivity contribution in [1.29, 1.82) is 0 Å². The summed E-state index contributed by atoms with van der Waals surface area (Å²) in [5.41, 5.74) is 2.52. The second-order valence-corrected chi connectivity index (χ2v) is 8.49. The van der Waals surface area contributed by atoms with Gasteiger partial charge in [-0.1, -0.05) is 6.07 Å². The fourth-order valence-electron chi connectivity index (χ4n) is 6.57. The van der Waals surface area contributed by atoms with Crippen molar-refractivity contribution in [2.75, 3.05) is 0 Å². The highest BCUT2D eigenvalue weighted by Gasteiger charge is 2.53. The molecule has 4 nitrogen and oxygen atoms in total. The van der Waals surface area contributed by atoms with Crippen LogP contribution in [0.2, 0.25) is 0 Å². The molecule has 6 rings (SSSR count). The molecule has 0 unspecified atom stereocenters. The van der Waals surface area contributed by atoms with E-state index < -0.39 is 0 Å². The summed E-state index contributed by atoms with van der Waals surface area (Å²) < 4.78 is 3.78. The van der Waals surface area contributed by atoms with Crippen molar-refractivity contribution < 1.29 is 0 Å². The number of hydrogen-bond acceptors (Lipinski definition) is 2. The molecule has 0 radical (unpaired) electrons. The Hall–Kier alpha value is -1.84. The van der Waals surface area contributed by atoms with E-state index in [1.165, 1.54) is 38.5 Å². The van der Waals surface area contributed by atoms with Crippen LogP contribution >= 0.6 is 0 Å². The fourth-order valence-corrected chi connectivity index (χ4v) is 6.57. The monoisotopic (exact) mass is 323 g/mol. The smallest absolute Gasteiger partial charge is 0.267 e. The Morgan fingerprint density at radius 1 is 1.08 bits per heavy atom. The van der Waals surface area contributed by atoms with Crippen molar-refractivity contribution in [2.24, 2.45) is 24.8 Å². The normalized spacial score (nSPS) is 34.0. The highest BCUT2D eigenvalue weighted by atomic mass is 16.1. The molecule has 0 N–H and O–H groups in total. The van der Waals surface area contributed by atoms with E-state index in [0.717, 1.165) is 34.8 Å². The molecule has 4 saturated carbocycles. The lowest BCUT2D eigenvalue weighted by molar-refractivity contribution is -0.00598. The Labute approximate surface area is 142 Å². The van der Waals surface area contributed by atoms with Crippen LogP contribution in [-0.4, -0.2) is 14.3 Å². The summed E-state index contributed by atoms with van der Waals surface area (Å²) in [7, 11) is 1.88. The lowest BCUT2D eigenvalue weighted by atomic mass is 9.48. The first-order chi connectivity index (χ1) is 11.6. The summed E-state index contributed by atoms with van der Waals surface area (Å²) in [6.07, 6.45) is 9.67. The summed E-state index contributed by atoms with van der Waals surface area (Å²) in [6.45, 7) is 2.12. The van der Waals surface area contributed by atoms with Gasteiger partial charge in [-0.05, 0) is 75.3 Å². The van der Waals surface area contributed by atoms with Crippen LogP contribution in [0.3, 0.4) is 0 Å². The number of aromatic nitrogens is 3. The summed E-state index contributed by atoms with van der Waals surface area (Å²) in [5.74, 6) is 3.38. The molecule has 2 heterocycles. The standard InChI is InChI=1S/C20H25N3O/c1-13-18(19(24)22(2)23(13)17-5-3-4-6-21-17)20-10-14-7-15(11-20)9-16(8-14)12-20/h3-6,14-16H,7-12H2,1-2H3. The molecule has 4 aliphatic carbocycles. The number of rotatable bonds is 2. The first-order valence-corrected chi connectivity index (χ1v) is 9.28. The van der Waals surface area contributed by atoms with Crippen LogP contribution < -0.4 is 5.56 Å². The summed E-state index contributed by atoms with van der Waals surface area (Å²) in [5, 5.41) is 0. The predicted octanol–water partition coefficient (Wildman–Crippen LogP) is 3.35. The quantitative estimate of drug-likeness (QED) is 0.850. The molecule has 4 heteroatoms. The molecule has 0 atom stereocenters. The Morgan fingerprint density at radius 3 is 2.25 bits per heavy atom. The second-order valence-electron chi connectivity index (χ2n) is 8.49. The van der Waals surface area contributed by atoms with E-state index in [4.69, 9.17) is 0 Å². The lowest BCUT2D eigenvalue weighted by Gasteiger charge is -2.56. The second kappa shape index (κ2) is 4.84. The Bertz CT molecular complexity index is 810. The van der Waals surface area contributed by atoms with Gasteiger partial charge in [0.1, 0.15) is 0 Å². The van der Waals surface area contributed by atoms with Gasteiger partial charge in [0.15, 0.2) is 5.82 Å². The van der Waals surface area contributed by atoms with E-state index >= 15 is 0 Å². The van der Waals surface area contributed by atoms with Gasteiger partial charge in [0.05, 0.1) is 0 Å². The van der Waals surface area contributed by atoms with Gasteiger partial charge >= 0.3 is 0 Å². The van der Waals surface area contributed by atoms with Gasteiger partial charge in [-0.15, -0.1) is 0 Å². The highest BCUT2D eigenvalue weighted by molar-refractivity contribution is 5.36. The van der Waals surface area contributed by atoms with Gasteiger partial charge in [-0.25, -0.2) is 14.3 Å². The first-order valence-electron chi connectivity index (χ1n) is 9.28. The number of pyridine rings is 1. The Kier molecular flexibility index (Phi) is 2.92. The molecule has 0 spiro atoms. The molecule has 0 amide bonds. The third-order valence-electron chi connectivity index (χ3n) is 6.92. The fraction of sp³-hybridized carbons (Fsp3) is 0.600. The maximum Gasteiger partial charge on any atom is 0.270 e. The van der Waals surface area contributed by atoms with E-state index in [1.807, 2.05) is 29.9 Å². The minimum absolute atomic E-state index is 0.133. The van der Waals surface area contributed by atoms with Gasteiger partial charge in [0.2, 0.25) is 0 Å². The largest absolute Gasteiger partial charge is 0.270 e. The number of nitrogens with zero attached hydrogens (tertiary/aromatic N) is 3. The molecule has 0 saturated heterocycles. The molecule has 2 aromatic heterocycles. The van der Waals surface area contributed by atoms with Gasteiger partial charge in [-0.3, -0.25) is 4.79 Å². The first kappa shape index (κ1) is 14.5. The zero-order valence-corrected chi connectivity index (χ0v) is 14.5. The van der Waals surface area contributed by atoms with Crippen molar-refractivity contribution in [1.82, 2.24) is 14.3 Å². The topological polar surface area (TPSA) is 39.8 Å². The Morgan fingerprint density at radius 2 is 1.71 bits per heavy atom. The van der Waals surface area contributed by atoms with Crippen molar-refractivity contribution in [3.63, 3.8) is 0 Å². The highest BCUT2D eigenvalue weighted by Crippen LogP contribution is 2.60. The molecule has 0 aromatic carbocycles.